The molecule has 0 radical (unpaired) electrons. The van der Waals surface area contributed by atoms with Crippen LogP contribution in [-0.2, 0) is 6.61 Å². The van der Waals surface area contributed by atoms with Crippen LogP contribution in [0.5, 0.6) is 5.88 Å². The lowest BCUT2D eigenvalue weighted by molar-refractivity contribution is 0.297. The maximum Gasteiger partial charge on any atom is 0.271 e. The molecule has 0 amide bonds. The van der Waals surface area contributed by atoms with Crippen LogP contribution < -0.4 is 20.3 Å². The van der Waals surface area contributed by atoms with Gasteiger partial charge in [0.2, 0.25) is 5.82 Å². The van der Waals surface area contributed by atoms with E-state index in [1.165, 1.54) is 11.7 Å². The maximum atomic E-state index is 5.88. The number of rotatable bonds is 5. The smallest absolute Gasteiger partial charge is 0.271 e. The summed E-state index contributed by atoms with van der Waals surface area (Å²) in [5, 5.41) is 6.41. The van der Waals surface area contributed by atoms with Crippen LogP contribution in [0.4, 0.5) is 11.6 Å². The van der Waals surface area contributed by atoms with Crippen molar-refractivity contribution in [3.63, 3.8) is 0 Å². The fourth-order valence-electron chi connectivity index (χ4n) is 2.37. The second kappa shape index (κ2) is 7.37. The van der Waals surface area contributed by atoms with Crippen LogP contribution in [0.25, 0.3) is 0 Å². The van der Waals surface area contributed by atoms with E-state index in [9.17, 15) is 0 Å². The Balaban J connectivity index is 1.66. The topological polar surface area (TPSA) is 75.2 Å². The Hall–Kier alpha value is -1.93. The molecule has 1 fully saturated rings. The highest BCUT2D eigenvalue weighted by molar-refractivity contribution is 6.99. The molecule has 0 bridgehead atoms. The van der Waals surface area contributed by atoms with E-state index in [0.717, 1.165) is 49.8 Å². The first kappa shape index (κ1) is 15.0. The van der Waals surface area contributed by atoms with Crippen molar-refractivity contribution in [3.05, 3.63) is 23.9 Å². The van der Waals surface area contributed by atoms with Crippen LogP contribution in [0.1, 0.15) is 12.0 Å². The van der Waals surface area contributed by atoms with Crippen molar-refractivity contribution in [1.29, 1.82) is 0 Å². The van der Waals surface area contributed by atoms with Crippen molar-refractivity contribution in [2.75, 3.05) is 43.4 Å². The van der Waals surface area contributed by atoms with Crippen LogP contribution in [0, 0.1) is 0 Å². The van der Waals surface area contributed by atoms with Gasteiger partial charge in [0.1, 0.15) is 12.4 Å². The molecule has 2 aromatic heterocycles. The van der Waals surface area contributed by atoms with Gasteiger partial charge < -0.3 is 20.3 Å². The van der Waals surface area contributed by atoms with Crippen LogP contribution in [0.15, 0.2) is 18.3 Å². The number of hydrogen-bond acceptors (Lipinski definition) is 8. The molecule has 0 aromatic carbocycles. The standard InChI is InChI=1S/C14H20N6OS/c1-15-12-9-11(3-5-17-12)10-21-14-13(18-22-19-14)20-7-2-4-16-6-8-20/h3,5,9,16H,2,4,6-8,10H2,1H3,(H,15,17). The van der Waals surface area contributed by atoms with E-state index in [0.29, 0.717) is 12.5 Å². The Kier molecular flexibility index (Phi) is 5.02. The normalized spacial score (nSPS) is 15.4. The summed E-state index contributed by atoms with van der Waals surface area (Å²) in [6.45, 7) is 4.39. The first-order chi connectivity index (χ1) is 10.9. The lowest BCUT2D eigenvalue weighted by Crippen LogP contribution is -2.28. The second-order valence-corrected chi connectivity index (χ2v) is 5.60. The molecule has 1 saturated heterocycles. The van der Waals surface area contributed by atoms with Crippen LogP contribution in [0.2, 0.25) is 0 Å². The average Bonchev–Trinajstić information content (AvgIpc) is 2.86. The molecule has 3 rings (SSSR count). The lowest BCUT2D eigenvalue weighted by Gasteiger charge is -2.19. The summed E-state index contributed by atoms with van der Waals surface area (Å²) in [6.07, 6.45) is 2.87. The zero-order valence-electron chi connectivity index (χ0n) is 12.6. The van der Waals surface area contributed by atoms with Crippen molar-refractivity contribution in [3.8, 4) is 5.88 Å². The van der Waals surface area contributed by atoms with Crippen LogP contribution in [0.3, 0.4) is 0 Å². The van der Waals surface area contributed by atoms with Gasteiger partial charge in [-0.2, -0.15) is 4.37 Å². The molecule has 22 heavy (non-hydrogen) atoms. The second-order valence-electron chi connectivity index (χ2n) is 5.07. The molecule has 0 spiro atoms. The van der Waals surface area contributed by atoms with Crippen molar-refractivity contribution in [2.24, 2.45) is 0 Å². The molecule has 0 unspecified atom stereocenters. The van der Waals surface area contributed by atoms with E-state index in [4.69, 9.17) is 4.74 Å². The molecule has 0 saturated carbocycles. The van der Waals surface area contributed by atoms with Gasteiger partial charge in [-0.15, -0.1) is 4.37 Å². The fourth-order valence-corrected chi connectivity index (χ4v) is 2.89. The van der Waals surface area contributed by atoms with E-state index in [2.05, 4.69) is 29.3 Å². The summed E-state index contributed by atoms with van der Waals surface area (Å²) in [5.74, 6) is 2.31. The third-order valence-electron chi connectivity index (χ3n) is 3.54. The third-order valence-corrected chi connectivity index (χ3v) is 4.04. The average molecular weight is 320 g/mol. The Labute approximate surface area is 134 Å². The Morgan fingerprint density at radius 3 is 3.23 bits per heavy atom. The molecule has 8 heteroatoms. The summed E-state index contributed by atoms with van der Waals surface area (Å²) < 4.78 is 14.6. The van der Waals surface area contributed by atoms with E-state index >= 15 is 0 Å². The van der Waals surface area contributed by atoms with Gasteiger partial charge in [-0.1, -0.05) is 0 Å². The minimum absolute atomic E-state index is 0.460. The molecule has 3 heterocycles. The van der Waals surface area contributed by atoms with E-state index < -0.39 is 0 Å². The molecule has 0 aliphatic carbocycles. The minimum Gasteiger partial charge on any atom is -0.470 e. The van der Waals surface area contributed by atoms with Crippen molar-refractivity contribution in [2.45, 2.75) is 13.0 Å². The Morgan fingerprint density at radius 2 is 2.32 bits per heavy atom. The van der Waals surface area contributed by atoms with Gasteiger partial charge in [0.25, 0.3) is 5.88 Å². The number of aromatic nitrogens is 3. The molecule has 7 nitrogen and oxygen atoms in total. The lowest BCUT2D eigenvalue weighted by atomic mass is 10.3. The molecular weight excluding hydrogens is 300 g/mol. The number of hydrogen-bond donors (Lipinski definition) is 2. The Morgan fingerprint density at radius 1 is 1.36 bits per heavy atom. The number of pyridine rings is 1. The van der Waals surface area contributed by atoms with Crippen LogP contribution in [-0.4, -0.2) is 47.0 Å². The van der Waals surface area contributed by atoms with Gasteiger partial charge in [-0.25, -0.2) is 4.98 Å². The molecule has 1 aliphatic rings. The number of ether oxygens (including phenoxy) is 1. The largest absolute Gasteiger partial charge is 0.470 e. The quantitative estimate of drug-likeness (QED) is 0.861. The highest BCUT2D eigenvalue weighted by Gasteiger charge is 2.18. The van der Waals surface area contributed by atoms with Gasteiger partial charge in [0.05, 0.1) is 11.7 Å². The van der Waals surface area contributed by atoms with E-state index in [1.807, 2.05) is 19.2 Å². The van der Waals surface area contributed by atoms with E-state index in [-0.39, 0.29) is 0 Å². The van der Waals surface area contributed by atoms with E-state index in [1.54, 1.807) is 6.20 Å². The highest BCUT2D eigenvalue weighted by Crippen LogP contribution is 2.26. The summed E-state index contributed by atoms with van der Waals surface area (Å²) in [6, 6.07) is 3.91. The third kappa shape index (κ3) is 3.63. The fraction of sp³-hybridized carbons (Fsp3) is 0.500. The monoisotopic (exact) mass is 320 g/mol. The predicted molar refractivity (Wildman–Crippen MR) is 87.7 cm³/mol. The molecule has 0 atom stereocenters. The zero-order valence-corrected chi connectivity index (χ0v) is 13.4. The summed E-state index contributed by atoms with van der Waals surface area (Å²) in [7, 11) is 1.85. The number of anilines is 2. The van der Waals surface area contributed by atoms with Gasteiger partial charge in [-0.05, 0) is 30.7 Å². The van der Waals surface area contributed by atoms with Crippen molar-refractivity contribution in [1.82, 2.24) is 19.0 Å². The first-order valence-corrected chi connectivity index (χ1v) is 8.13. The zero-order chi connectivity index (χ0) is 15.2. The SMILES string of the molecule is CNc1cc(COc2nsnc2N2CCCNCC2)ccn1. The summed E-state index contributed by atoms with van der Waals surface area (Å²) in [4.78, 5) is 6.44. The van der Waals surface area contributed by atoms with Crippen molar-refractivity contribution < 1.29 is 4.74 Å². The maximum absolute atomic E-state index is 5.88. The molecule has 118 valence electrons. The Bertz CT molecular complexity index is 597. The van der Waals surface area contributed by atoms with Gasteiger partial charge >= 0.3 is 0 Å². The molecule has 2 N–H and O–H groups in total. The van der Waals surface area contributed by atoms with Crippen molar-refractivity contribution >= 4 is 23.4 Å². The summed E-state index contributed by atoms with van der Waals surface area (Å²) in [5.41, 5.74) is 1.05. The molecular formula is C14H20N6OS. The first-order valence-electron chi connectivity index (χ1n) is 7.40. The van der Waals surface area contributed by atoms with Gasteiger partial charge in [0, 0.05) is 32.9 Å². The number of nitrogens with one attached hydrogen (secondary N) is 2. The minimum atomic E-state index is 0.460. The molecule has 1 aliphatic heterocycles. The van der Waals surface area contributed by atoms with Gasteiger partial charge in [0.15, 0.2) is 0 Å². The molecule has 2 aromatic rings. The predicted octanol–water partition coefficient (Wildman–Crippen LogP) is 1.35. The summed E-state index contributed by atoms with van der Waals surface area (Å²) >= 11 is 1.20. The van der Waals surface area contributed by atoms with Gasteiger partial charge in [-0.3, -0.25) is 0 Å². The number of nitrogens with zero attached hydrogens (tertiary/aromatic N) is 4. The highest BCUT2D eigenvalue weighted by atomic mass is 32.1. The van der Waals surface area contributed by atoms with Crippen LogP contribution >= 0.6 is 11.7 Å².